The van der Waals surface area contributed by atoms with Crippen LogP contribution >= 0.6 is 0 Å². The summed E-state index contributed by atoms with van der Waals surface area (Å²) in [5.74, 6) is -1.62. The van der Waals surface area contributed by atoms with Crippen molar-refractivity contribution in [1.82, 2.24) is 21.1 Å². The summed E-state index contributed by atoms with van der Waals surface area (Å²) in [4.78, 5) is 50.8. The van der Waals surface area contributed by atoms with E-state index in [1.54, 1.807) is 6.92 Å². The van der Waals surface area contributed by atoms with Crippen LogP contribution in [0, 0.1) is 6.92 Å². The predicted molar refractivity (Wildman–Crippen MR) is 130 cm³/mol. The largest absolute Gasteiger partial charge is 0.378 e. The quantitative estimate of drug-likeness (QED) is 0.392. The Hall–Kier alpha value is -4.05. The molecule has 1 saturated carbocycles. The first kappa shape index (κ1) is 25.1. The molecule has 188 valence electrons. The van der Waals surface area contributed by atoms with Gasteiger partial charge in [-0.25, -0.2) is 0 Å². The highest BCUT2D eigenvalue weighted by atomic mass is 16.5. The van der Waals surface area contributed by atoms with E-state index in [9.17, 15) is 19.2 Å². The monoisotopic (exact) mass is 492 g/mol. The molecular weight excluding hydrogens is 464 g/mol. The van der Waals surface area contributed by atoms with Crippen molar-refractivity contribution < 1.29 is 28.4 Å². The molecule has 0 aliphatic heterocycles. The highest BCUT2D eigenvalue weighted by molar-refractivity contribution is 6.01. The van der Waals surface area contributed by atoms with E-state index in [2.05, 4.69) is 21.1 Å². The maximum Gasteiger partial charge on any atom is 0.274 e. The Kier molecular flexibility index (Phi) is 7.16. The highest BCUT2D eigenvalue weighted by Crippen LogP contribution is 2.39. The minimum Gasteiger partial charge on any atom is -0.378 e. The molecule has 10 nitrogen and oxygen atoms in total. The van der Waals surface area contributed by atoms with Crippen LogP contribution in [0.2, 0.25) is 0 Å². The van der Waals surface area contributed by atoms with Crippen molar-refractivity contribution >= 4 is 34.3 Å². The average Bonchev–Trinajstić information content (AvgIpc) is 3.40. The first-order valence-electron chi connectivity index (χ1n) is 11.6. The number of nitrogens with zero attached hydrogens (tertiary/aromatic N) is 1. The molecule has 1 unspecified atom stereocenters. The number of Topliss-reactive ketones (excluding diaryl/α,β-unsaturated/α-hetero) is 1. The van der Waals surface area contributed by atoms with Gasteiger partial charge in [-0.1, -0.05) is 47.6 Å². The molecule has 2 aromatic carbocycles. The molecule has 3 amide bonds. The Labute approximate surface area is 207 Å². The molecule has 0 radical (unpaired) electrons. The smallest absolute Gasteiger partial charge is 0.274 e. The molecule has 0 spiro atoms. The number of carbonyl (C=O) groups is 4. The van der Waals surface area contributed by atoms with Gasteiger partial charge in [-0.3, -0.25) is 19.2 Å². The number of nitrogens with one attached hydrogen (secondary N) is 3. The standard InChI is InChI=1S/C26H28N4O6/c1-15(31)11-20(28-23(32)21-12-16(2)36-30-21)24(33)29-26(13-22(26)35-3)25(34)27-14-18-9-6-8-17-7-4-5-10-19(17)18/h4-10,12,20,22H,11,13-14H2,1-3H3,(H,27,34)(H,28,32)(H,29,33)/t20-,22?,26+/m0/s1. The van der Waals surface area contributed by atoms with Gasteiger partial charge in [0.25, 0.3) is 5.91 Å². The number of carbonyl (C=O) groups excluding carboxylic acids is 4. The zero-order valence-electron chi connectivity index (χ0n) is 20.3. The van der Waals surface area contributed by atoms with Crippen LogP contribution in [0.4, 0.5) is 0 Å². The minimum absolute atomic E-state index is 0.0161. The van der Waals surface area contributed by atoms with Crippen molar-refractivity contribution in [1.29, 1.82) is 0 Å². The number of aromatic nitrogens is 1. The maximum atomic E-state index is 13.3. The molecule has 0 bridgehead atoms. The zero-order chi connectivity index (χ0) is 25.9. The molecular formula is C26H28N4O6. The van der Waals surface area contributed by atoms with Crippen molar-refractivity contribution in [2.45, 2.75) is 50.9 Å². The van der Waals surface area contributed by atoms with E-state index in [1.165, 1.54) is 20.1 Å². The normalized spacial score (nSPS) is 19.4. The molecule has 0 saturated heterocycles. The molecule has 3 aromatic rings. The van der Waals surface area contributed by atoms with Crippen molar-refractivity contribution in [3.63, 3.8) is 0 Å². The van der Waals surface area contributed by atoms with Crippen LogP contribution in [0.25, 0.3) is 10.8 Å². The fraction of sp³-hybridized carbons (Fsp3) is 0.346. The average molecular weight is 493 g/mol. The van der Waals surface area contributed by atoms with Crippen LogP contribution in [0.15, 0.2) is 53.1 Å². The number of hydrogen-bond donors (Lipinski definition) is 3. The number of fused-ring (bicyclic) bond motifs is 1. The van der Waals surface area contributed by atoms with Crippen LogP contribution in [0.5, 0.6) is 0 Å². The Morgan fingerprint density at radius 2 is 1.92 bits per heavy atom. The van der Waals surface area contributed by atoms with Crippen molar-refractivity contribution in [3.05, 3.63) is 65.5 Å². The molecule has 1 heterocycles. The van der Waals surface area contributed by atoms with Gasteiger partial charge in [0.1, 0.15) is 23.1 Å². The topological polar surface area (TPSA) is 140 Å². The summed E-state index contributed by atoms with van der Waals surface area (Å²) in [7, 11) is 1.46. The van der Waals surface area contributed by atoms with Gasteiger partial charge < -0.3 is 25.2 Å². The zero-order valence-corrected chi connectivity index (χ0v) is 20.3. The minimum atomic E-state index is -1.30. The molecule has 3 N–H and O–H groups in total. The number of benzene rings is 2. The fourth-order valence-electron chi connectivity index (χ4n) is 4.23. The fourth-order valence-corrected chi connectivity index (χ4v) is 4.23. The van der Waals surface area contributed by atoms with E-state index in [1.807, 2.05) is 42.5 Å². The van der Waals surface area contributed by atoms with Crippen LogP contribution < -0.4 is 16.0 Å². The maximum absolute atomic E-state index is 13.3. The van der Waals surface area contributed by atoms with E-state index >= 15 is 0 Å². The lowest BCUT2D eigenvalue weighted by molar-refractivity contribution is -0.133. The molecule has 1 aliphatic rings. The summed E-state index contributed by atoms with van der Waals surface area (Å²) in [6.45, 7) is 3.20. The molecule has 3 atom stereocenters. The van der Waals surface area contributed by atoms with Crippen molar-refractivity contribution in [3.8, 4) is 0 Å². The third-order valence-electron chi connectivity index (χ3n) is 6.23. The lowest BCUT2D eigenvalue weighted by atomic mass is 10.0. The van der Waals surface area contributed by atoms with Gasteiger partial charge in [0.2, 0.25) is 11.8 Å². The van der Waals surface area contributed by atoms with Crippen molar-refractivity contribution in [2.75, 3.05) is 7.11 Å². The second-order valence-electron chi connectivity index (χ2n) is 8.97. The van der Waals surface area contributed by atoms with Gasteiger partial charge in [0, 0.05) is 32.6 Å². The molecule has 1 fully saturated rings. The Balaban J connectivity index is 1.47. The number of amides is 3. The second-order valence-corrected chi connectivity index (χ2v) is 8.97. The predicted octanol–water partition coefficient (Wildman–Crippen LogP) is 1.80. The number of ketones is 1. The van der Waals surface area contributed by atoms with Gasteiger partial charge in [-0.15, -0.1) is 0 Å². The van der Waals surface area contributed by atoms with Crippen LogP contribution in [-0.2, 0) is 25.7 Å². The van der Waals surface area contributed by atoms with Gasteiger partial charge in [-0.2, -0.15) is 0 Å². The van der Waals surface area contributed by atoms with E-state index in [-0.39, 0.29) is 30.9 Å². The number of hydrogen-bond acceptors (Lipinski definition) is 7. The molecule has 36 heavy (non-hydrogen) atoms. The van der Waals surface area contributed by atoms with Gasteiger partial charge in [-0.05, 0) is 30.2 Å². The second kappa shape index (κ2) is 10.3. The number of methoxy groups -OCH3 is 1. The Morgan fingerprint density at radius 3 is 2.58 bits per heavy atom. The summed E-state index contributed by atoms with van der Waals surface area (Å²) >= 11 is 0. The van der Waals surface area contributed by atoms with Crippen LogP contribution in [0.3, 0.4) is 0 Å². The third kappa shape index (κ3) is 5.28. The van der Waals surface area contributed by atoms with E-state index in [0.717, 1.165) is 16.3 Å². The lowest BCUT2D eigenvalue weighted by Crippen LogP contribution is -2.57. The van der Waals surface area contributed by atoms with Gasteiger partial charge >= 0.3 is 0 Å². The first-order chi connectivity index (χ1) is 17.2. The molecule has 1 aliphatic carbocycles. The highest BCUT2D eigenvalue weighted by Gasteiger charge is 2.62. The number of aryl methyl sites for hydroxylation is 1. The van der Waals surface area contributed by atoms with Gasteiger partial charge in [0.15, 0.2) is 5.69 Å². The molecule has 4 rings (SSSR count). The van der Waals surface area contributed by atoms with Crippen LogP contribution in [0.1, 0.15) is 41.6 Å². The van der Waals surface area contributed by atoms with E-state index in [0.29, 0.717) is 5.76 Å². The van der Waals surface area contributed by atoms with Crippen LogP contribution in [-0.4, -0.2) is 53.5 Å². The number of rotatable bonds is 10. The SMILES string of the molecule is COC1C[C@]1(NC(=O)[C@H](CC(C)=O)NC(=O)c1cc(C)on1)C(=O)NCc1cccc2ccccc12. The summed E-state index contributed by atoms with van der Waals surface area (Å²) in [5, 5.41) is 13.8. The Morgan fingerprint density at radius 1 is 1.17 bits per heavy atom. The summed E-state index contributed by atoms with van der Waals surface area (Å²) in [5.41, 5.74) is -0.388. The summed E-state index contributed by atoms with van der Waals surface area (Å²) in [6.07, 6.45) is -0.527. The first-order valence-corrected chi connectivity index (χ1v) is 11.6. The van der Waals surface area contributed by atoms with Gasteiger partial charge in [0.05, 0.1) is 6.10 Å². The summed E-state index contributed by atoms with van der Waals surface area (Å²) in [6, 6.07) is 13.9. The molecule has 1 aromatic heterocycles. The Bertz CT molecular complexity index is 1310. The number of ether oxygens (including phenoxy) is 1. The van der Waals surface area contributed by atoms with E-state index in [4.69, 9.17) is 9.26 Å². The third-order valence-corrected chi connectivity index (χ3v) is 6.23. The lowest BCUT2D eigenvalue weighted by Gasteiger charge is -2.23. The summed E-state index contributed by atoms with van der Waals surface area (Å²) < 4.78 is 10.3. The van der Waals surface area contributed by atoms with Crippen molar-refractivity contribution in [2.24, 2.45) is 0 Å². The van der Waals surface area contributed by atoms with E-state index < -0.39 is 35.4 Å². The molecule has 10 heteroatoms.